The summed E-state index contributed by atoms with van der Waals surface area (Å²) in [5.41, 5.74) is 1.48. The molecule has 0 saturated heterocycles. The zero-order valence-electron chi connectivity index (χ0n) is 17.0. The lowest BCUT2D eigenvalue weighted by Gasteiger charge is -2.37. The number of hydrogen-bond donors (Lipinski definition) is 2. The van der Waals surface area contributed by atoms with Gasteiger partial charge in [-0.15, -0.1) is 0 Å². The average Bonchev–Trinajstić information content (AvgIpc) is 2.90. The molecule has 6 heteroatoms. The number of nitrogens with zero attached hydrogens (tertiary/aromatic N) is 2. The summed E-state index contributed by atoms with van der Waals surface area (Å²) in [7, 11) is 0. The molecule has 0 fully saturated rings. The van der Waals surface area contributed by atoms with E-state index in [1.807, 2.05) is 79.5 Å². The van der Waals surface area contributed by atoms with Crippen LogP contribution in [-0.2, 0) is 0 Å². The Morgan fingerprint density at radius 1 is 0.933 bits per heavy atom. The van der Waals surface area contributed by atoms with Gasteiger partial charge in [-0.1, -0.05) is 74.5 Å². The second-order valence-corrected chi connectivity index (χ2v) is 7.89. The van der Waals surface area contributed by atoms with Gasteiger partial charge in [0.15, 0.2) is 11.4 Å². The third-order valence-electron chi connectivity index (χ3n) is 5.58. The molecule has 1 unspecified atom stereocenters. The Morgan fingerprint density at radius 3 is 2.03 bits per heavy atom. The maximum absolute atomic E-state index is 13.0. The second-order valence-electron chi connectivity index (χ2n) is 7.89. The molecule has 0 bridgehead atoms. The number of nitrogens with one attached hydrogen (secondary N) is 1. The van der Waals surface area contributed by atoms with Crippen molar-refractivity contribution in [3.63, 3.8) is 0 Å². The zero-order chi connectivity index (χ0) is 21.3. The van der Waals surface area contributed by atoms with Crippen LogP contribution in [0.1, 0.15) is 41.5 Å². The van der Waals surface area contributed by atoms with Crippen molar-refractivity contribution in [3.8, 4) is 5.75 Å². The monoisotopic (exact) mass is 403 g/mol. The van der Waals surface area contributed by atoms with Crippen LogP contribution in [0.4, 0.5) is 0 Å². The molecule has 2 aromatic carbocycles. The van der Waals surface area contributed by atoms with Crippen LogP contribution in [0, 0.1) is 5.92 Å². The molecule has 1 aliphatic heterocycles. The molecule has 3 aromatic rings. The molecule has 2 heterocycles. The summed E-state index contributed by atoms with van der Waals surface area (Å²) in [5.74, 6) is -0.831. The van der Waals surface area contributed by atoms with Gasteiger partial charge in [0.1, 0.15) is 0 Å². The Hall–Kier alpha value is -3.54. The van der Waals surface area contributed by atoms with Crippen molar-refractivity contribution in [3.05, 3.63) is 100.0 Å². The molecule has 0 radical (unpaired) electrons. The summed E-state index contributed by atoms with van der Waals surface area (Å²) < 4.78 is 1.62. The predicted octanol–water partition coefficient (Wildman–Crippen LogP) is 3.05. The smallest absolute Gasteiger partial charge is 0.274 e. The zero-order valence-corrected chi connectivity index (χ0v) is 17.0. The summed E-state index contributed by atoms with van der Waals surface area (Å²) in [6.07, 6.45) is 1.57. The third kappa shape index (κ3) is 3.56. The Morgan fingerprint density at radius 2 is 1.50 bits per heavy atom. The van der Waals surface area contributed by atoms with E-state index < -0.39 is 17.1 Å². The molecule has 0 aliphatic carbocycles. The van der Waals surface area contributed by atoms with Crippen molar-refractivity contribution in [2.75, 3.05) is 11.6 Å². The SMILES string of the molecule is CC(C)C1CN(C(c2ccccc2)c2ccccc2)n2ccc(=O)c(O)c2C(=O)N1. The number of aromatic hydroxyl groups is 1. The van der Waals surface area contributed by atoms with Gasteiger partial charge in [-0.2, -0.15) is 0 Å². The van der Waals surface area contributed by atoms with E-state index >= 15 is 0 Å². The molecule has 2 N–H and O–H groups in total. The standard InChI is InChI=1S/C24H25N3O3/c1-16(2)19-15-27(26-14-13-20(28)23(29)22(26)24(30)25-19)21(17-9-5-3-6-10-17)18-11-7-4-8-12-18/h3-14,16,19,21,29H,15H2,1-2H3,(H,25,30). The van der Waals surface area contributed by atoms with E-state index in [1.54, 1.807) is 10.9 Å². The first-order valence-corrected chi connectivity index (χ1v) is 10.1. The lowest BCUT2D eigenvalue weighted by molar-refractivity contribution is 0.0924. The van der Waals surface area contributed by atoms with Crippen LogP contribution in [0.5, 0.6) is 5.75 Å². The lowest BCUT2D eigenvalue weighted by Crippen LogP contribution is -2.47. The van der Waals surface area contributed by atoms with Gasteiger partial charge >= 0.3 is 0 Å². The number of aromatic nitrogens is 1. The van der Waals surface area contributed by atoms with Crippen molar-refractivity contribution >= 4 is 5.91 Å². The Labute approximate surface area is 175 Å². The summed E-state index contributed by atoms with van der Waals surface area (Å²) in [4.78, 5) is 25.1. The van der Waals surface area contributed by atoms with E-state index in [0.717, 1.165) is 11.1 Å². The number of pyridine rings is 1. The molecule has 0 saturated carbocycles. The highest BCUT2D eigenvalue weighted by molar-refractivity contribution is 5.95. The van der Waals surface area contributed by atoms with E-state index in [4.69, 9.17) is 0 Å². The highest BCUT2D eigenvalue weighted by Gasteiger charge is 2.34. The van der Waals surface area contributed by atoms with Crippen LogP contribution in [0.25, 0.3) is 0 Å². The summed E-state index contributed by atoms with van der Waals surface area (Å²) in [5, 5.41) is 15.5. The fourth-order valence-corrected chi connectivity index (χ4v) is 3.93. The van der Waals surface area contributed by atoms with E-state index in [2.05, 4.69) is 5.32 Å². The van der Waals surface area contributed by atoms with Gasteiger partial charge < -0.3 is 10.4 Å². The molecule has 0 spiro atoms. The van der Waals surface area contributed by atoms with Crippen molar-refractivity contribution < 1.29 is 9.90 Å². The van der Waals surface area contributed by atoms with E-state index in [-0.39, 0.29) is 23.7 Å². The van der Waals surface area contributed by atoms with Crippen LogP contribution in [-0.4, -0.2) is 28.3 Å². The first-order valence-electron chi connectivity index (χ1n) is 10.1. The van der Waals surface area contributed by atoms with Crippen LogP contribution in [0.3, 0.4) is 0 Å². The van der Waals surface area contributed by atoms with E-state index in [9.17, 15) is 14.7 Å². The first kappa shape index (κ1) is 19.8. The summed E-state index contributed by atoms with van der Waals surface area (Å²) in [6, 6.07) is 21.0. The van der Waals surface area contributed by atoms with Crippen molar-refractivity contribution in [1.82, 2.24) is 9.99 Å². The maximum Gasteiger partial charge on any atom is 0.274 e. The van der Waals surface area contributed by atoms with Crippen LogP contribution in [0.15, 0.2) is 77.7 Å². The van der Waals surface area contributed by atoms with Crippen molar-refractivity contribution in [2.24, 2.45) is 5.92 Å². The summed E-state index contributed by atoms with van der Waals surface area (Å²) in [6.45, 7) is 4.60. The molecule has 1 amide bonds. The van der Waals surface area contributed by atoms with Gasteiger partial charge in [-0.25, -0.2) is 0 Å². The van der Waals surface area contributed by atoms with E-state index in [0.29, 0.717) is 6.54 Å². The number of benzene rings is 2. The van der Waals surface area contributed by atoms with Gasteiger partial charge in [0.2, 0.25) is 5.43 Å². The molecule has 30 heavy (non-hydrogen) atoms. The number of hydrogen-bond acceptors (Lipinski definition) is 4. The minimum atomic E-state index is -0.574. The van der Waals surface area contributed by atoms with Gasteiger partial charge in [0.05, 0.1) is 18.6 Å². The Balaban J connectivity index is 1.96. The van der Waals surface area contributed by atoms with Crippen molar-refractivity contribution in [1.29, 1.82) is 0 Å². The lowest BCUT2D eigenvalue weighted by atomic mass is 9.96. The fourth-order valence-electron chi connectivity index (χ4n) is 3.93. The van der Waals surface area contributed by atoms with Crippen LogP contribution >= 0.6 is 0 Å². The highest BCUT2D eigenvalue weighted by Crippen LogP contribution is 2.31. The van der Waals surface area contributed by atoms with Gasteiger partial charge in [-0.3, -0.25) is 19.3 Å². The highest BCUT2D eigenvalue weighted by atomic mass is 16.3. The second kappa shape index (κ2) is 8.06. The molecule has 1 aromatic heterocycles. The molecule has 154 valence electrons. The minimum Gasteiger partial charge on any atom is -0.502 e. The van der Waals surface area contributed by atoms with Crippen molar-refractivity contribution in [2.45, 2.75) is 25.9 Å². The molecule has 6 nitrogen and oxygen atoms in total. The molecular formula is C24H25N3O3. The maximum atomic E-state index is 13.0. The molecule has 4 rings (SSSR count). The van der Waals surface area contributed by atoms with Crippen LogP contribution in [0.2, 0.25) is 0 Å². The fraction of sp³-hybridized carbons (Fsp3) is 0.250. The Bertz CT molecular complexity index is 1050. The molecule has 1 atom stereocenters. The van der Waals surface area contributed by atoms with Crippen LogP contribution < -0.4 is 15.8 Å². The largest absolute Gasteiger partial charge is 0.502 e. The Kier molecular flexibility index (Phi) is 5.31. The number of amides is 1. The van der Waals surface area contributed by atoms with Gasteiger partial charge in [0.25, 0.3) is 5.91 Å². The minimum absolute atomic E-state index is 0.0393. The predicted molar refractivity (Wildman–Crippen MR) is 116 cm³/mol. The summed E-state index contributed by atoms with van der Waals surface area (Å²) >= 11 is 0. The molecular weight excluding hydrogens is 378 g/mol. The average molecular weight is 403 g/mol. The van der Waals surface area contributed by atoms with E-state index in [1.165, 1.54) is 6.07 Å². The number of carbonyl (C=O) groups is 1. The normalized spacial score (nSPS) is 16.3. The number of carbonyl (C=O) groups excluding carboxylic acids is 1. The third-order valence-corrected chi connectivity index (χ3v) is 5.58. The molecule has 1 aliphatic rings. The topological polar surface area (TPSA) is 74.6 Å². The van der Waals surface area contributed by atoms with Gasteiger partial charge in [-0.05, 0) is 17.0 Å². The first-order chi connectivity index (χ1) is 14.5. The number of fused-ring (bicyclic) bond motifs is 1. The van der Waals surface area contributed by atoms with Gasteiger partial charge in [0, 0.05) is 12.3 Å². The quantitative estimate of drug-likeness (QED) is 0.702. The number of rotatable bonds is 4.